The van der Waals surface area contributed by atoms with Crippen LogP contribution in [0.3, 0.4) is 0 Å². The second-order valence-electron chi connectivity index (χ2n) is 3.91. The second kappa shape index (κ2) is 11.4. The molecule has 5 nitrogen and oxygen atoms in total. The van der Waals surface area contributed by atoms with Gasteiger partial charge in [0.15, 0.2) is 0 Å². The van der Waals surface area contributed by atoms with E-state index in [-0.39, 0.29) is 6.42 Å². The van der Waals surface area contributed by atoms with Gasteiger partial charge in [-0.05, 0) is 18.9 Å². The van der Waals surface area contributed by atoms with Gasteiger partial charge >= 0.3 is 5.97 Å². The molecule has 0 fully saturated rings. The third kappa shape index (κ3) is 12.9. The molecule has 0 aromatic rings. The topological polar surface area (TPSA) is 81.6 Å². The van der Waals surface area contributed by atoms with Crippen molar-refractivity contribution in [2.45, 2.75) is 32.6 Å². The molecule has 0 bridgehead atoms. The van der Waals surface area contributed by atoms with E-state index in [2.05, 4.69) is 17.6 Å². The van der Waals surface area contributed by atoms with Crippen molar-refractivity contribution in [2.24, 2.45) is 0 Å². The van der Waals surface area contributed by atoms with E-state index in [9.17, 15) is 9.90 Å². The number of hydrogen-bond acceptors (Lipinski definition) is 4. The molecule has 0 rings (SSSR count). The van der Waals surface area contributed by atoms with Gasteiger partial charge < -0.3 is 20.8 Å². The van der Waals surface area contributed by atoms with Crippen molar-refractivity contribution >= 4 is 5.97 Å². The minimum Gasteiger partial charge on any atom is -0.511 e. The first-order chi connectivity index (χ1) is 8.16. The standard InChI is InChI=1S/C12H24N2O3/c1-2-3-4-5-11(15)10-14-9-8-13-7-6-12(16)17/h5,13-15H,2-4,6-10H2,1H3,(H,16,17)/b11-5-. The smallest absolute Gasteiger partial charge is 0.304 e. The van der Waals surface area contributed by atoms with Gasteiger partial charge in [-0.2, -0.15) is 0 Å². The normalized spacial score (nSPS) is 11.7. The Morgan fingerprint density at radius 2 is 1.88 bits per heavy atom. The molecule has 0 saturated carbocycles. The van der Waals surface area contributed by atoms with Crippen LogP contribution in [0.2, 0.25) is 0 Å². The summed E-state index contributed by atoms with van der Waals surface area (Å²) in [7, 11) is 0. The van der Waals surface area contributed by atoms with Crippen molar-refractivity contribution < 1.29 is 15.0 Å². The van der Waals surface area contributed by atoms with Crippen LogP contribution in [-0.2, 0) is 4.79 Å². The number of carboxylic acid groups (broad SMARTS) is 1. The van der Waals surface area contributed by atoms with E-state index in [4.69, 9.17) is 5.11 Å². The van der Waals surface area contributed by atoms with Crippen LogP contribution in [0.25, 0.3) is 0 Å². The van der Waals surface area contributed by atoms with Crippen molar-refractivity contribution in [1.82, 2.24) is 10.6 Å². The molecule has 0 aliphatic carbocycles. The average Bonchev–Trinajstić information content (AvgIpc) is 2.28. The lowest BCUT2D eigenvalue weighted by Gasteiger charge is -2.05. The van der Waals surface area contributed by atoms with Crippen molar-refractivity contribution in [3.63, 3.8) is 0 Å². The van der Waals surface area contributed by atoms with E-state index in [0.717, 1.165) is 19.3 Å². The van der Waals surface area contributed by atoms with Gasteiger partial charge in [-0.1, -0.05) is 13.3 Å². The summed E-state index contributed by atoms with van der Waals surface area (Å²) in [6, 6.07) is 0. The van der Waals surface area contributed by atoms with Crippen molar-refractivity contribution in [2.75, 3.05) is 26.2 Å². The van der Waals surface area contributed by atoms with Crippen LogP contribution < -0.4 is 10.6 Å². The van der Waals surface area contributed by atoms with Gasteiger partial charge in [0.1, 0.15) is 5.76 Å². The van der Waals surface area contributed by atoms with E-state index < -0.39 is 5.97 Å². The number of nitrogens with one attached hydrogen (secondary N) is 2. The summed E-state index contributed by atoms with van der Waals surface area (Å²) in [6.45, 7) is 4.49. The Hall–Kier alpha value is -1.07. The first-order valence-electron chi connectivity index (χ1n) is 6.18. The number of unbranched alkanes of at least 4 members (excludes halogenated alkanes) is 2. The fourth-order valence-corrected chi connectivity index (χ4v) is 1.26. The van der Waals surface area contributed by atoms with Crippen LogP contribution in [0.5, 0.6) is 0 Å². The molecule has 4 N–H and O–H groups in total. The summed E-state index contributed by atoms with van der Waals surface area (Å²) in [5, 5.41) is 23.9. The fourth-order valence-electron chi connectivity index (χ4n) is 1.26. The summed E-state index contributed by atoms with van der Waals surface area (Å²) < 4.78 is 0. The zero-order valence-corrected chi connectivity index (χ0v) is 10.5. The highest BCUT2D eigenvalue weighted by Gasteiger charge is 1.95. The zero-order chi connectivity index (χ0) is 12.9. The van der Waals surface area contributed by atoms with Gasteiger partial charge in [0.2, 0.25) is 0 Å². The van der Waals surface area contributed by atoms with Gasteiger partial charge in [0.05, 0.1) is 13.0 Å². The number of carboxylic acids is 1. The second-order valence-corrected chi connectivity index (χ2v) is 3.91. The molecular weight excluding hydrogens is 220 g/mol. The van der Waals surface area contributed by atoms with Gasteiger partial charge in [-0.15, -0.1) is 0 Å². The van der Waals surface area contributed by atoms with E-state index in [0.29, 0.717) is 31.9 Å². The Morgan fingerprint density at radius 1 is 1.18 bits per heavy atom. The van der Waals surface area contributed by atoms with Crippen LogP contribution in [0.1, 0.15) is 32.6 Å². The number of aliphatic carboxylic acids is 1. The molecule has 0 amide bonds. The van der Waals surface area contributed by atoms with Gasteiger partial charge in [0, 0.05) is 19.6 Å². The van der Waals surface area contributed by atoms with Gasteiger partial charge in [0.25, 0.3) is 0 Å². The quantitative estimate of drug-likeness (QED) is 0.325. The molecule has 17 heavy (non-hydrogen) atoms. The highest BCUT2D eigenvalue weighted by molar-refractivity contribution is 5.66. The molecule has 0 aromatic heterocycles. The number of aliphatic hydroxyl groups is 1. The molecule has 5 heteroatoms. The van der Waals surface area contributed by atoms with Gasteiger partial charge in [-0.25, -0.2) is 0 Å². The maximum absolute atomic E-state index is 10.2. The van der Waals surface area contributed by atoms with Crippen LogP contribution >= 0.6 is 0 Å². The highest BCUT2D eigenvalue weighted by Crippen LogP contribution is 1.97. The number of allylic oxidation sites excluding steroid dienone is 1. The van der Waals surface area contributed by atoms with E-state index >= 15 is 0 Å². The molecule has 0 saturated heterocycles. The lowest BCUT2D eigenvalue weighted by molar-refractivity contribution is -0.136. The molecule has 0 heterocycles. The molecular formula is C12H24N2O3. The van der Waals surface area contributed by atoms with E-state index in [1.165, 1.54) is 0 Å². The summed E-state index contributed by atoms with van der Waals surface area (Å²) in [5.41, 5.74) is 0. The Morgan fingerprint density at radius 3 is 2.53 bits per heavy atom. The SMILES string of the molecule is CCCC/C=C(\O)CNCCNCCC(=O)O. The average molecular weight is 244 g/mol. The Labute approximate surface area is 103 Å². The minimum absolute atomic E-state index is 0.141. The Bertz CT molecular complexity index is 230. The zero-order valence-electron chi connectivity index (χ0n) is 10.5. The van der Waals surface area contributed by atoms with Crippen LogP contribution in [-0.4, -0.2) is 42.4 Å². The molecule has 0 spiro atoms. The third-order valence-corrected chi connectivity index (χ3v) is 2.24. The van der Waals surface area contributed by atoms with E-state index in [1.807, 2.05) is 6.08 Å². The van der Waals surface area contributed by atoms with Crippen LogP contribution in [0, 0.1) is 0 Å². The molecule has 0 aliphatic rings. The summed E-state index contributed by atoms with van der Waals surface area (Å²) >= 11 is 0. The molecule has 0 unspecified atom stereocenters. The van der Waals surface area contributed by atoms with E-state index in [1.54, 1.807) is 0 Å². The largest absolute Gasteiger partial charge is 0.511 e. The fraction of sp³-hybridized carbons (Fsp3) is 0.750. The predicted octanol–water partition coefficient (Wildman–Crippen LogP) is 1.27. The number of carbonyl (C=O) groups is 1. The Balaban J connectivity index is 3.27. The molecule has 0 radical (unpaired) electrons. The Kier molecular flexibility index (Phi) is 10.7. The lowest BCUT2D eigenvalue weighted by atomic mass is 10.2. The summed E-state index contributed by atoms with van der Waals surface area (Å²) in [5.74, 6) is -0.411. The molecule has 0 aliphatic heterocycles. The molecule has 0 aromatic carbocycles. The first-order valence-corrected chi connectivity index (χ1v) is 6.18. The maximum atomic E-state index is 10.2. The van der Waals surface area contributed by atoms with Gasteiger partial charge in [-0.3, -0.25) is 4.79 Å². The minimum atomic E-state index is -0.790. The van der Waals surface area contributed by atoms with Crippen molar-refractivity contribution in [3.8, 4) is 0 Å². The number of hydrogen-bond donors (Lipinski definition) is 4. The first kappa shape index (κ1) is 15.9. The lowest BCUT2D eigenvalue weighted by Crippen LogP contribution is -2.29. The number of rotatable bonds is 11. The van der Waals surface area contributed by atoms with Crippen LogP contribution in [0.4, 0.5) is 0 Å². The number of aliphatic hydroxyl groups excluding tert-OH is 1. The highest BCUT2D eigenvalue weighted by atomic mass is 16.4. The summed E-state index contributed by atoms with van der Waals surface area (Å²) in [6.07, 6.45) is 5.13. The predicted molar refractivity (Wildman–Crippen MR) is 68.2 cm³/mol. The van der Waals surface area contributed by atoms with Crippen LogP contribution in [0.15, 0.2) is 11.8 Å². The summed E-state index contributed by atoms with van der Waals surface area (Å²) in [4.78, 5) is 10.2. The maximum Gasteiger partial charge on any atom is 0.304 e. The van der Waals surface area contributed by atoms with Crippen molar-refractivity contribution in [3.05, 3.63) is 11.8 Å². The van der Waals surface area contributed by atoms with Crippen molar-refractivity contribution in [1.29, 1.82) is 0 Å². The third-order valence-electron chi connectivity index (χ3n) is 2.24. The monoisotopic (exact) mass is 244 g/mol. The molecule has 100 valence electrons. The molecule has 0 atom stereocenters.